The summed E-state index contributed by atoms with van der Waals surface area (Å²) in [5.41, 5.74) is 0.253. The molecule has 0 aromatic carbocycles. The highest BCUT2D eigenvalue weighted by atomic mass is 35.5. The zero-order chi connectivity index (χ0) is 21.0. The van der Waals surface area contributed by atoms with Crippen molar-refractivity contribution in [3.8, 4) is 0 Å². The SMILES string of the molecule is Cc1cc(C2CCCNC2)oc(=O)c1C(=O)N1CCN(CC(=O)NC(C)C)CC1.Cl.Cl. The minimum atomic E-state index is -0.547. The number of piperidine rings is 1. The van der Waals surface area contributed by atoms with E-state index in [1.807, 2.05) is 24.8 Å². The van der Waals surface area contributed by atoms with E-state index in [9.17, 15) is 14.4 Å². The van der Waals surface area contributed by atoms with Gasteiger partial charge in [0.05, 0.1) is 6.54 Å². The van der Waals surface area contributed by atoms with E-state index < -0.39 is 5.63 Å². The second-order valence-electron chi connectivity index (χ2n) is 8.33. The Balaban J connectivity index is 0.00000240. The van der Waals surface area contributed by atoms with Crippen LogP contribution in [-0.2, 0) is 4.79 Å². The molecule has 176 valence electrons. The number of aryl methyl sites for hydroxylation is 1. The maximum Gasteiger partial charge on any atom is 0.349 e. The average molecular weight is 477 g/mol. The molecular formula is C21H34Cl2N4O4. The molecule has 2 N–H and O–H groups in total. The van der Waals surface area contributed by atoms with Crippen LogP contribution in [0.5, 0.6) is 0 Å². The van der Waals surface area contributed by atoms with E-state index in [-0.39, 0.29) is 54.2 Å². The van der Waals surface area contributed by atoms with Crippen LogP contribution in [0, 0.1) is 6.92 Å². The van der Waals surface area contributed by atoms with E-state index in [1.165, 1.54) is 0 Å². The van der Waals surface area contributed by atoms with Crippen LogP contribution in [0.3, 0.4) is 0 Å². The predicted octanol–water partition coefficient (Wildman–Crippen LogP) is 1.54. The van der Waals surface area contributed by atoms with Crippen molar-refractivity contribution in [2.75, 3.05) is 45.8 Å². The Morgan fingerprint density at radius 1 is 1.23 bits per heavy atom. The average Bonchev–Trinajstić information content (AvgIpc) is 2.68. The number of halogens is 2. The lowest BCUT2D eigenvalue weighted by Gasteiger charge is -2.34. The van der Waals surface area contributed by atoms with Crippen molar-refractivity contribution in [2.45, 2.75) is 45.6 Å². The summed E-state index contributed by atoms with van der Waals surface area (Å²) in [4.78, 5) is 41.2. The molecule has 10 heteroatoms. The number of rotatable bonds is 5. The topological polar surface area (TPSA) is 94.9 Å². The first-order chi connectivity index (χ1) is 13.8. The zero-order valence-electron chi connectivity index (χ0n) is 18.4. The Bertz CT molecular complexity index is 801. The quantitative estimate of drug-likeness (QED) is 0.668. The summed E-state index contributed by atoms with van der Waals surface area (Å²) in [6, 6.07) is 1.96. The number of nitrogens with zero attached hydrogens (tertiary/aromatic N) is 2. The van der Waals surface area contributed by atoms with Crippen molar-refractivity contribution in [3.05, 3.63) is 33.4 Å². The second kappa shape index (κ2) is 12.4. The van der Waals surface area contributed by atoms with Gasteiger partial charge in [-0.2, -0.15) is 0 Å². The highest BCUT2D eigenvalue weighted by molar-refractivity contribution is 5.95. The highest BCUT2D eigenvalue weighted by Gasteiger charge is 2.28. The summed E-state index contributed by atoms with van der Waals surface area (Å²) in [7, 11) is 0. The first-order valence-corrected chi connectivity index (χ1v) is 10.5. The van der Waals surface area contributed by atoms with Crippen molar-refractivity contribution >= 4 is 36.6 Å². The third-order valence-corrected chi connectivity index (χ3v) is 5.56. The van der Waals surface area contributed by atoms with Crippen LogP contribution in [0.4, 0.5) is 0 Å². The van der Waals surface area contributed by atoms with Gasteiger partial charge in [-0.3, -0.25) is 14.5 Å². The minimum Gasteiger partial charge on any atom is -0.427 e. The smallest absolute Gasteiger partial charge is 0.349 e. The number of carbonyl (C=O) groups is 2. The molecule has 1 atom stereocenters. The van der Waals surface area contributed by atoms with Gasteiger partial charge in [-0.15, -0.1) is 24.8 Å². The van der Waals surface area contributed by atoms with Crippen molar-refractivity contribution in [1.82, 2.24) is 20.4 Å². The van der Waals surface area contributed by atoms with E-state index >= 15 is 0 Å². The van der Waals surface area contributed by atoms with E-state index in [4.69, 9.17) is 4.42 Å². The molecule has 2 saturated heterocycles. The molecule has 1 aromatic rings. The van der Waals surface area contributed by atoms with Gasteiger partial charge < -0.3 is 20.0 Å². The number of hydrogen-bond donors (Lipinski definition) is 2. The van der Waals surface area contributed by atoms with Gasteiger partial charge in [-0.1, -0.05) is 0 Å². The molecule has 3 heterocycles. The molecular weight excluding hydrogens is 443 g/mol. The molecule has 2 aliphatic heterocycles. The molecule has 2 fully saturated rings. The van der Waals surface area contributed by atoms with Crippen LogP contribution in [-0.4, -0.2) is 73.5 Å². The van der Waals surface area contributed by atoms with Crippen LogP contribution in [0.1, 0.15) is 54.3 Å². The van der Waals surface area contributed by atoms with Crippen LogP contribution >= 0.6 is 24.8 Å². The van der Waals surface area contributed by atoms with Gasteiger partial charge in [0.15, 0.2) is 0 Å². The van der Waals surface area contributed by atoms with Gasteiger partial charge >= 0.3 is 5.63 Å². The summed E-state index contributed by atoms with van der Waals surface area (Å²) in [6.45, 7) is 9.95. The third-order valence-electron chi connectivity index (χ3n) is 5.56. The Kier molecular flexibility index (Phi) is 11.0. The minimum absolute atomic E-state index is 0. The Labute approximate surface area is 195 Å². The van der Waals surface area contributed by atoms with Crippen LogP contribution in [0.2, 0.25) is 0 Å². The third kappa shape index (κ3) is 7.20. The van der Waals surface area contributed by atoms with Gasteiger partial charge in [-0.25, -0.2) is 4.79 Å². The lowest BCUT2D eigenvalue weighted by molar-refractivity contribution is -0.123. The number of carbonyl (C=O) groups excluding carboxylic acids is 2. The first-order valence-electron chi connectivity index (χ1n) is 10.5. The molecule has 0 spiro atoms. The van der Waals surface area contributed by atoms with Crippen molar-refractivity contribution in [1.29, 1.82) is 0 Å². The lowest BCUT2D eigenvalue weighted by atomic mass is 9.95. The molecule has 0 bridgehead atoms. The molecule has 0 aliphatic carbocycles. The number of hydrogen-bond acceptors (Lipinski definition) is 6. The largest absolute Gasteiger partial charge is 0.427 e. The summed E-state index contributed by atoms with van der Waals surface area (Å²) in [5, 5.41) is 6.20. The second-order valence-corrected chi connectivity index (χ2v) is 8.33. The molecule has 0 radical (unpaired) electrons. The summed E-state index contributed by atoms with van der Waals surface area (Å²) in [5.74, 6) is 0.553. The van der Waals surface area contributed by atoms with E-state index in [0.29, 0.717) is 44.0 Å². The summed E-state index contributed by atoms with van der Waals surface area (Å²) < 4.78 is 5.54. The summed E-state index contributed by atoms with van der Waals surface area (Å²) in [6.07, 6.45) is 2.03. The predicted molar refractivity (Wildman–Crippen MR) is 125 cm³/mol. The van der Waals surface area contributed by atoms with E-state index in [1.54, 1.807) is 11.8 Å². The zero-order valence-corrected chi connectivity index (χ0v) is 20.1. The number of piperazine rings is 1. The fraction of sp³-hybridized carbons (Fsp3) is 0.667. The maximum absolute atomic E-state index is 13.0. The van der Waals surface area contributed by atoms with E-state index in [0.717, 1.165) is 25.9 Å². The summed E-state index contributed by atoms with van der Waals surface area (Å²) >= 11 is 0. The molecule has 2 amide bonds. The molecule has 8 nitrogen and oxygen atoms in total. The molecule has 0 saturated carbocycles. The fourth-order valence-electron chi connectivity index (χ4n) is 4.02. The Morgan fingerprint density at radius 2 is 1.90 bits per heavy atom. The normalized spacial score (nSPS) is 19.4. The van der Waals surface area contributed by atoms with Crippen LogP contribution < -0.4 is 16.3 Å². The molecule has 1 aromatic heterocycles. The number of amides is 2. The molecule has 2 aliphatic rings. The first kappa shape index (κ1) is 27.4. The molecule has 1 unspecified atom stereocenters. The maximum atomic E-state index is 13.0. The van der Waals surface area contributed by atoms with Gasteiger partial charge in [0.1, 0.15) is 11.3 Å². The Morgan fingerprint density at radius 3 is 2.45 bits per heavy atom. The van der Waals surface area contributed by atoms with Gasteiger partial charge in [0.2, 0.25) is 5.91 Å². The van der Waals surface area contributed by atoms with Crippen molar-refractivity contribution in [2.24, 2.45) is 0 Å². The monoisotopic (exact) mass is 476 g/mol. The molecule has 3 rings (SSSR count). The van der Waals surface area contributed by atoms with E-state index in [2.05, 4.69) is 10.6 Å². The van der Waals surface area contributed by atoms with Gasteiger partial charge in [0.25, 0.3) is 5.91 Å². The Hall–Kier alpha value is -1.61. The van der Waals surface area contributed by atoms with Crippen molar-refractivity contribution < 1.29 is 14.0 Å². The highest BCUT2D eigenvalue weighted by Crippen LogP contribution is 2.24. The van der Waals surface area contributed by atoms with Gasteiger partial charge in [0, 0.05) is 44.7 Å². The van der Waals surface area contributed by atoms with Crippen molar-refractivity contribution in [3.63, 3.8) is 0 Å². The van der Waals surface area contributed by atoms with Crippen LogP contribution in [0.25, 0.3) is 0 Å². The number of nitrogens with one attached hydrogen (secondary N) is 2. The fourth-order valence-corrected chi connectivity index (χ4v) is 4.02. The van der Waals surface area contributed by atoms with Crippen LogP contribution in [0.15, 0.2) is 15.3 Å². The van der Waals surface area contributed by atoms with Gasteiger partial charge in [-0.05, 0) is 51.8 Å². The molecule has 31 heavy (non-hydrogen) atoms. The standard InChI is InChI=1S/C21H32N4O4.2ClH/c1-14(2)23-18(26)13-24-7-9-25(10-8-24)20(27)19-15(3)11-17(29-21(19)28)16-5-4-6-22-12-16;;/h11,14,16,22H,4-10,12-13H2,1-3H3,(H,23,26);2*1H. The lowest BCUT2D eigenvalue weighted by Crippen LogP contribution is -2.52.